The van der Waals surface area contributed by atoms with E-state index in [4.69, 9.17) is 0 Å². The number of nitrogens with zero attached hydrogens (tertiary/aromatic N) is 1. The molecule has 0 saturated heterocycles. The third kappa shape index (κ3) is 5.19. The molecular formula is C12H18N2OS. The van der Waals surface area contributed by atoms with Gasteiger partial charge in [-0.25, -0.2) is 0 Å². The summed E-state index contributed by atoms with van der Waals surface area (Å²) in [4.78, 5) is 13.6. The van der Waals surface area contributed by atoms with Gasteiger partial charge in [-0.15, -0.1) is 0 Å². The Morgan fingerprint density at radius 1 is 1.38 bits per heavy atom. The Labute approximate surface area is 101 Å². The molecule has 3 nitrogen and oxygen atoms in total. The van der Waals surface area contributed by atoms with Crippen molar-refractivity contribution in [3.8, 4) is 0 Å². The third-order valence-corrected chi connectivity index (χ3v) is 2.74. The highest BCUT2D eigenvalue weighted by Crippen LogP contribution is 2.04. The zero-order valence-corrected chi connectivity index (χ0v) is 10.6. The number of para-hydroxylation sites is 1. The average molecular weight is 238 g/mol. The van der Waals surface area contributed by atoms with Gasteiger partial charge >= 0.3 is 0 Å². The van der Waals surface area contributed by atoms with Crippen molar-refractivity contribution in [1.29, 1.82) is 0 Å². The number of benzene rings is 1. The van der Waals surface area contributed by atoms with Gasteiger partial charge in [0.05, 0.1) is 6.54 Å². The van der Waals surface area contributed by atoms with Gasteiger partial charge < -0.3 is 5.32 Å². The highest BCUT2D eigenvalue weighted by molar-refractivity contribution is 7.98. The van der Waals surface area contributed by atoms with Crippen molar-refractivity contribution in [2.75, 3.05) is 37.5 Å². The zero-order chi connectivity index (χ0) is 11.8. The van der Waals surface area contributed by atoms with Gasteiger partial charge in [-0.3, -0.25) is 9.69 Å². The summed E-state index contributed by atoms with van der Waals surface area (Å²) >= 11 is 1.79. The smallest absolute Gasteiger partial charge is 0.238 e. The van der Waals surface area contributed by atoms with Crippen LogP contribution in [0.4, 0.5) is 5.69 Å². The van der Waals surface area contributed by atoms with Gasteiger partial charge in [0, 0.05) is 18.0 Å². The number of carbonyl (C=O) groups excluding carboxylic acids is 1. The van der Waals surface area contributed by atoms with Crippen molar-refractivity contribution in [3.63, 3.8) is 0 Å². The van der Waals surface area contributed by atoms with E-state index in [1.165, 1.54) is 0 Å². The lowest BCUT2D eigenvalue weighted by Crippen LogP contribution is -2.31. The van der Waals surface area contributed by atoms with E-state index in [0.29, 0.717) is 6.54 Å². The minimum absolute atomic E-state index is 0.0369. The second kappa shape index (κ2) is 7.30. The van der Waals surface area contributed by atoms with Crippen LogP contribution in [0.5, 0.6) is 0 Å². The van der Waals surface area contributed by atoms with Gasteiger partial charge in [-0.2, -0.15) is 11.8 Å². The second-order valence-electron chi connectivity index (χ2n) is 3.64. The SMILES string of the molecule is CSCCN(C)CC(=O)Nc1ccccc1. The topological polar surface area (TPSA) is 32.3 Å². The Balaban J connectivity index is 2.31. The lowest BCUT2D eigenvalue weighted by molar-refractivity contribution is -0.117. The third-order valence-electron chi connectivity index (χ3n) is 2.15. The first-order valence-corrected chi connectivity index (χ1v) is 6.64. The van der Waals surface area contributed by atoms with E-state index in [1.54, 1.807) is 11.8 Å². The molecule has 0 saturated carbocycles. The van der Waals surface area contributed by atoms with E-state index in [0.717, 1.165) is 18.0 Å². The van der Waals surface area contributed by atoms with Gasteiger partial charge in [0.1, 0.15) is 0 Å². The Kier molecular flexibility index (Phi) is 5.96. The van der Waals surface area contributed by atoms with Crippen molar-refractivity contribution in [3.05, 3.63) is 30.3 Å². The van der Waals surface area contributed by atoms with E-state index in [1.807, 2.05) is 42.3 Å². The van der Waals surface area contributed by atoms with Crippen LogP contribution in [-0.2, 0) is 4.79 Å². The molecule has 0 radical (unpaired) electrons. The molecule has 1 amide bonds. The maximum absolute atomic E-state index is 11.6. The number of hydrogen-bond acceptors (Lipinski definition) is 3. The summed E-state index contributed by atoms with van der Waals surface area (Å²) in [5.41, 5.74) is 0.853. The lowest BCUT2D eigenvalue weighted by atomic mass is 10.3. The fourth-order valence-electron chi connectivity index (χ4n) is 1.29. The number of hydrogen-bond donors (Lipinski definition) is 1. The minimum Gasteiger partial charge on any atom is -0.325 e. The molecule has 0 bridgehead atoms. The summed E-state index contributed by atoms with van der Waals surface area (Å²) in [6.07, 6.45) is 2.07. The zero-order valence-electron chi connectivity index (χ0n) is 9.77. The molecule has 0 fully saturated rings. The Morgan fingerprint density at radius 3 is 2.69 bits per heavy atom. The van der Waals surface area contributed by atoms with E-state index < -0.39 is 0 Å². The van der Waals surface area contributed by atoms with Gasteiger partial charge in [0.25, 0.3) is 0 Å². The molecule has 16 heavy (non-hydrogen) atoms. The van der Waals surface area contributed by atoms with Crippen LogP contribution in [0.15, 0.2) is 30.3 Å². The maximum atomic E-state index is 11.6. The first kappa shape index (κ1) is 13.1. The number of amides is 1. The number of carbonyl (C=O) groups is 1. The number of anilines is 1. The largest absolute Gasteiger partial charge is 0.325 e. The molecule has 88 valence electrons. The predicted molar refractivity (Wildman–Crippen MR) is 71.0 cm³/mol. The van der Waals surface area contributed by atoms with Crippen LogP contribution in [0, 0.1) is 0 Å². The lowest BCUT2D eigenvalue weighted by Gasteiger charge is -2.15. The Bertz CT molecular complexity index is 316. The van der Waals surface area contributed by atoms with Gasteiger partial charge in [0.2, 0.25) is 5.91 Å². The average Bonchev–Trinajstić information content (AvgIpc) is 2.27. The van der Waals surface area contributed by atoms with Crippen LogP contribution < -0.4 is 5.32 Å². The van der Waals surface area contributed by atoms with Crippen molar-refractivity contribution < 1.29 is 4.79 Å². The quantitative estimate of drug-likeness (QED) is 0.822. The summed E-state index contributed by atoms with van der Waals surface area (Å²) in [6, 6.07) is 9.53. The molecule has 1 rings (SSSR count). The molecule has 1 N–H and O–H groups in total. The summed E-state index contributed by atoms with van der Waals surface area (Å²) in [7, 11) is 1.96. The van der Waals surface area contributed by atoms with E-state index in [2.05, 4.69) is 11.6 Å². The van der Waals surface area contributed by atoms with Crippen LogP contribution in [-0.4, -0.2) is 43.0 Å². The van der Waals surface area contributed by atoms with Crippen molar-refractivity contribution in [1.82, 2.24) is 4.90 Å². The molecule has 0 spiro atoms. The molecule has 0 aromatic heterocycles. The van der Waals surface area contributed by atoms with E-state index in [-0.39, 0.29) is 5.91 Å². The van der Waals surface area contributed by atoms with Crippen LogP contribution in [0.25, 0.3) is 0 Å². The standard InChI is InChI=1S/C12H18N2OS/c1-14(8-9-16-2)10-12(15)13-11-6-4-3-5-7-11/h3-7H,8-10H2,1-2H3,(H,13,15). The van der Waals surface area contributed by atoms with Crippen molar-refractivity contribution in [2.45, 2.75) is 0 Å². The monoisotopic (exact) mass is 238 g/mol. The fourth-order valence-corrected chi connectivity index (χ4v) is 1.79. The molecule has 1 aromatic carbocycles. The fraction of sp³-hybridized carbons (Fsp3) is 0.417. The normalized spacial score (nSPS) is 10.4. The summed E-state index contributed by atoms with van der Waals surface area (Å²) in [5, 5.41) is 2.86. The number of rotatable bonds is 6. The molecule has 0 unspecified atom stereocenters. The molecular weight excluding hydrogens is 220 g/mol. The number of likely N-dealkylation sites (N-methyl/N-ethyl adjacent to an activating group) is 1. The van der Waals surface area contributed by atoms with Gasteiger partial charge in [0.15, 0.2) is 0 Å². The van der Waals surface area contributed by atoms with Crippen molar-refractivity contribution in [2.24, 2.45) is 0 Å². The van der Waals surface area contributed by atoms with Gasteiger partial charge in [-0.05, 0) is 25.4 Å². The van der Waals surface area contributed by atoms with Crippen LogP contribution >= 0.6 is 11.8 Å². The number of thioether (sulfide) groups is 1. The molecule has 4 heteroatoms. The van der Waals surface area contributed by atoms with E-state index >= 15 is 0 Å². The van der Waals surface area contributed by atoms with Crippen LogP contribution in [0.3, 0.4) is 0 Å². The molecule has 0 aliphatic rings. The van der Waals surface area contributed by atoms with Crippen LogP contribution in [0.2, 0.25) is 0 Å². The molecule has 0 atom stereocenters. The Hall–Kier alpha value is -1.00. The first-order chi connectivity index (χ1) is 7.72. The molecule has 1 aromatic rings. The Morgan fingerprint density at radius 2 is 2.06 bits per heavy atom. The summed E-state index contributed by atoms with van der Waals surface area (Å²) in [5.74, 6) is 1.09. The second-order valence-corrected chi connectivity index (χ2v) is 4.63. The summed E-state index contributed by atoms with van der Waals surface area (Å²) in [6.45, 7) is 1.37. The highest BCUT2D eigenvalue weighted by Gasteiger charge is 2.05. The van der Waals surface area contributed by atoms with Gasteiger partial charge in [-0.1, -0.05) is 18.2 Å². The minimum atomic E-state index is 0.0369. The van der Waals surface area contributed by atoms with E-state index in [9.17, 15) is 4.79 Å². The highest BCUT2D eigenvalue weighted by atomic mass is 32.2. The predicted octanol–water partition coefficient (Wildman–Crippen LogP) is 1.92. The maximum Gasteiger partial charge on any atom is 0.238 e. The summed E-state index contributed by atoms with van der Waals surface area (Å²) < 4.78 is 0. The van der Waals surface area contributed by atoms with Crippen LogP contribution in [0.1, 0.15) is 0 Å². The molecule has 0 aliphatic heterocycles. The molecule has 0 aliphatic carbocycles. The first-order valence-electron chi connectivity index (χ1n) is 5.24. The number of nitrogens with one attached hydrogen (secondary N) is 1. The van der Waals surface area contributed by atoms with Crippen molar-refractivity contribution >= 4 is 23.4 Å². The molecule has 0 heterocycles.